The van der Waals surface area contributed by atoms with Gasteiger partial charge in [-0.2, -0.15) is 0 Å². The summed E-state index contributed by atoms with van der Waals surface area (Å²) >= 11 is 0. The van der Waals surface area contributed by atoms with Gasteiger partial charge in [-0.05, 0) is 36.8 Å². The van der Waals surface area contributed by atoms with E-state index in [9.17, 15) is 9.18 Å². The van der Waals surface area contributed by atoms with Gasteiger partial charge in [0, 0.05) is 5.69 Å². The number of nitrogens with zero attached hydrogens (tertiary/aromatic N) is 2. The van der Waals surface area contributed by atoms with Crippen molar-refractivity contribution in [2.45, 2.75) is 13.3 Å². The molecule has 0 amide bonds. The zero-order chi connectivity index (χ0) is 13.4. The maximum absolute atomic E-state index is 12.9. The van der Waals surface area contributed by atoms with Gasteiger partial charge in [0.1, 0.15) is 5.82 Å². The molecular formula is C15H11FN2O. The van der Waals surface area contributed by atoms with Crippen molar-refractivity contribution in [3.05, 3.63) is 59.0 Å². The highest BCUT2D eigenvalue weighted by Crippen LogP contribution is 2.26. The molecule has 2 aromatic rings. The maximum Gasteiger partial charge on any atom is 0.172 e. The van der Waals surface area contributed by atoms with Gasteiger partial charge in [0.05, 0.1) is 17.7 Å². The standard InChI is InChI=1S/C15H11FN2O/c1-9-2-7-12-14(19)8-13(18-15(12)17-9)10-3-5-11(16)6-4-10/h2-7H,8H2,1H3. The third-order valence-electron chi connectivity index (χ3n) is 3.06. The molecule has 0 atom stereocenters. The smallest absolute Gasteiger partial charge is 0.172 e. The first-order valence-electron chi connectivity index (χ1n) is 5.98. The zero-order valence-corrected chi connectivity index (χ0v) is 10.4. The monoisotopic (exact) mass is 254 g/mol. The van der Waals surface area contributed by atoms with E-state index in [1.807, 2.05) is 6.92 Å². The molecule has 3 rings (SSSR count). The number of fused-ring (bicyclic) bond motifs is 1. The first-order chi connectivity index (χ1) is 9.13. The molecule has 0 radical (unpaired) electrons. The SMILES string of the molecule is Cc1ccc2c(n1)N=C(c1ccc(F)cc1)CC2=O. The summed E-state index contributed by atoms with van der Waals surface area (Å²) < 4.78 is 12.9. The van der Waals surface area contributed by atoms with Crippen LogP contribution in [0, 0.1) is 12.7 Å². The van der Waals surface area contributed by atoms with Crippen molar-refractivity contribution in [1.82, 2.24) is 4.98 Å². The number of carbonyl (C=O) groups is 1. The number of Topliss-reactive ketones (excluding diaryl/α,β-unsaturated/α-hetero) is 1. The van der Waals surface area contributed by atoms with Gasteiger partial charge < -0.3 is 0 Å². The molecule has 2 heterocycles. The second-order valence-corrected chi connectivity index (χ2v) is 4.49. The lowest BCUT2D eigenvalue weighted by atomic mass is 9.98. The number of carbonyl (C=O) groups excluding carboxylic acids is 1. The van der Waals surface area contributed by atoms with Crippen molar-refractivity contribution in [1.29, 1.82) is 0 Å². The number of aromatic nitrogens is 1. The van der Waals surface area contributed by atoms with Crippen molar-refractivity contribution in [2.24, 2.45) is 4.99 Å². The third-order valence-corrected chi connectivity index (χ3v) is 3.06. The number of aryl methyl sites for hydroxylation is 1. The summed E-state index contributed by atoms with van der Waals surface area (Å²) in [5.74, 6) is 0.147. The van der Waals surface area contributed by atoms with Gasteiger partial charge in [-0.3, -0.25) is 4.79 Å². The molecule has 1 aromatic heterocycles. The van der Waals surface area contributed by atoms with Gasteiger partial charge in [-0.15, -0.1) is 0 Å². The summed E-state index contributed by atoms with van der Waals surface area (Å²) in [7, 11) is 0. The minimum atomic E-state index is -0.305. The van der Waals surface area contributed by atoms with E-state index in [4.69, 9.17) is 0 Å². The van der Waals surface area contributed by atoms with Gasteiger partial charge in [0.2, 0.25) is 0 Å². The fourth-order valence-electron chi connectivity index (χ4n) is 2.07. The van der Waals surface area contributed by atoms with Crippen molar-refractivity contribution < 1.29 is 9.18 Å². The highest BCUT2D eigenvalue weighted by Gasteiger charge is 2.21. The Kier molecular flexibility index (Phi) is 2.71. The van der Waals surface area contributed by atoms with Crippen molar-refractivity contribution in [3.63, 3.8) is 0 Å². The Hall–Kier alpha value is -2.36. The Balaban J connectivity index is 2.09. The Morgan fingerprint density at radius 2 is 1.84 bits per heavy atom. The lowest BCUT2D eigenvalue weighted by Gasteiger charge is -2.14. The number of hydrogen-bond acceptors (Lipinski definition) is 3. The minimum absolute atomic E-state index is 0.00294. The largest absolute Gasteiger partial charge is 0.294 e. The predicted molar refractivity (Wildman–Crippen MR) is 70.5 cm³/mol. The van der Waals surface area contributed by atoms with Crippen LogP contribution in [0.2, 0.25) is 0 Å². The molecule has 0 bridgehead atoms. The first-order valence-corrected chi connectivity index (χ1v) is 5.98. The molecule has 1 aliphatic rings. The number of aliphatic imine (C=N–C) groups is 1. The quantitative estimate of drug-likeness (QED) is 0.784. The van der Waals surface area contributed by atoms with Gasteiger partial charge in [0.25, 0.3) is 0 Å². The summed E-state index contributed by atoms with van der Waals surface area (Å²) in [6.07, 6.45) is 0.226. The fourth-order valence-corrected chi connectivity index (χ4v) is 2.07. The average Bonchev–Trinajstić information content (AvgIpc) is 2.38. The van der Waals surface area contributed by atoms with Gasteiger partial charge >= 0.3 is 0 Å². The lowest BCUT2D eigenvalue weighted by Crippen LogP contribution is -2.15. The second-order valence-electron chi connectivity index (χ2n) is 4.49. The van der Waals surface area contributed by atoms with Gasteiger partial charge in [-0.1, -0.05) is 12.1 Å². The van der Waals surface area contributed by atoms with Crippen LogP contribution in [-0.4, -0.2) is 16.5 Å². The summed E-state index contributed by atoms with van der Waals surface area (Å²) in [6, 6.07) is 9.54. The van der Waals surface area contributed by atoms with Crippen molar-refractivity contribution in [2.75, 3.05) is 0 Å². The van der Waals surface area contributed by atoms with Crippen molar-refractivity contribution >= 4 is 17.3 Å². The topological polar surface area (TPSA) is 42.3 Å². The van der Waals surface area contributed by atoms with Crippen LogP contribution in [0.25, 0.3) is 0 Å². The van der Waals surface area contributed by atoms with E-state index in [1.54, 1.807) is 24.3 Å². The number of rotatable bonds is 1. The molecule has 0 N–H and O–H groups in total. The van der Waals surface area contributed by atoms with Crippen LogP contribution in [0.15, 0.2) is 41.4 Å². The number of pyridine rings is 1. The highest BCUT2D eigenvalue weighted by molar-refractivity contribution is 6.20. The minimum Gasteiger partial charge on any atom is -0.294 e. The normalized spacial score (nSPS) is 14.0. The molecular weight excluding hydrogens is 243 g/mol. The summed E-state index contributed by atoms with van der Waals surface area (Å²) in [6.45, 7) is 1.85. The molecule has 19 heavy (non-hydrogen) atoms. The Morgan fingerprint density at radius 1 is 1.11 bits per heavy atom. The second kappa shape index (κ2) is 4.39. The highest BCUT2D eigenvalue weighted by atomic mass is 19.1. The maximum atomic E-state index is 12.9. The van der Waals surface area contributed by atoms with E-state index in [0.717, 1.165) is 11.3 Å². The molecule has 1 aliphatic heterocycles. The predicted octanol–water partition coefficient (Wildman–Crippen LogP) is 3.24. The molecule has 0 saturated heterocycles. The molecule has 0 spiro atoms. The number of halogens is 1. The van der Waals surface area contributed by atoms with Gasteiger partial charge in [-0.25, -0.2) is 14.4 Å². The Labute approximate surface area is 109 Å². The van der Waals surface area contributed by atoms with Crippen LogP contribution < -0.4 is 0 Å². The third kappa shape index (κ3) is 2.17. The molecule has 0 saturated carbocycles. The van der Waals surface area contributed by atoms with E-state index in [1.165, 1.54) is 12.1 Å². The average molecular weight is 254 g/mol. The van der Waals surface area contributed by atoms with Crippen molar-refractivity contribution in [3.8, 4) is 0 Å². The lowest BCUT2D eigenvalue weighted by molar-refractivity contribution is 0.0999. The van der Waals surface area contributed by atoms with Gasteiger partial charge in [0.15, 0.2) is 11.6 Å². The fraction of sp³-hybridized carbons (Fsp3) is 0.133. The molecule has 4 heteroatoms. The number of ketones is 1. The summed E-state index contributed by atoms with van der Waals surface area (Å²) in [5, 5.41) is 0. The van der Waals surface area contributed by atoms with Crippen LogP contribution in [-0.2, 0) is 0 Å². The molecule has 94 valence electrons. The molecule has 1 aromatic carbocycles. The number of benzene rings is 1. The molecule has 0 aliphatic carbocycles. The first kappa shape index (κ1) is 11.7. The van der Waals surface area contributed by atoms with Crippen LogP contribution in [0.1, 0.15) is 28.0 Å². The van der Waals surface area contributed by atoms with Crippen LogP contribution >= 0.6 is 0 Å². The number of hydrogen-bond donors (Lipinski definition) is 0. The summed E-state index contributed by atoms with van der Waals surface area (Å²) in [5.41, 5.74) is 2.76. The summed E-state index contributed by atoms with van der Waals surface area (Å²) in [4.78, 5) is 20.7. The molecule has 0 unspecified atom stereocenters. The van der Waals surface area contributed by atoms with Crippen LogP contribution in [0.5, 0.6) is 0 Å². The molecule has 0 fully saturated rings. The van der Waals surface area contributed by atoms with Crippen LogP contribution in [0.4, 0.5) is 10.2 Å². The Bertz CT molecular complexity index is 690. The van der Waals surface area contributed by atoms with Crippen LogP contribution in [0.3, 0.4) is 0 Å². The molecule has 3 nitrogen and oxygen atoms in total. The Morgan fingerprint density at radius 3 is 2.58 bits per heavy atom. The van der Waals surface area contributed by atoms with E-state index >= 15 is 0 Å². The van der Waals surface area contributed by atoms with E-state index in [-0.39, 0.29) is 18.0 Å². The van der Waals surface area contributed by atoms with E-state index in [2.05, 4.69) is 9.98 Å². The van der Waals surface area contributed by atoms with E-state index < -0.39 is 0 Å². The van der Waals surface area contributed by atoms with E-state index in [0.29, 0.717) is 17.1 Å². The zero-order valence-electron chi connectivity index (χ0n) is 10.4.